The third-order valence-corrected chi connectivity index (χ3v) is 3.81. The minimum Gasteiger partial charge on any atom is -0.395 e. The van der Waals surface area contributed by atoms with Gasteiger partial charge in [0.2, 0.25) is 5.91 Å². The van der Waals surface area contributed by atoms with E-state index in [1.54, 1.807) is 4.90 Å². The molecule has 0 saturated carbocycles. The number of rotatable bonds is 8. The summed E-state index contributed by atoms with van der Waals surface area (Å²) in [4.78, 5) is 14.6. The van der Waals surface area contributed by atoms with Crippen LogP contribution in [0.4, 0.5) is 0 Å². The number of nitrogens with zero attached hydrogens (tertiary/aromatic N) is 1. The molecule has 0 heterocycles. The minimum absolute atomic E-state index is 0.0216. The molecule has 0 aliphatic rings. The zero-order valence-electron chi connectivity index (χ0n) is 12.9. The van der Waals surface area contributed by atoms with Crippen LogP contribution in [-0.2, 0) is 4.79 Å². The van der Waals surface area contributed by atoms with E-state index in [1.807, 2.05) is 30.3 Å². The topological polar surface area (TPSA) is 40.5 Å². The van der Waals surface area contributed by atoms with Gasteiger partial charge in [0.15, 0.2) is 0 Å². The summed E-state index contributed by atoms with van der Waals surface area (Å²) in [7, 11) is 0. The summed E-state index contributed by atoms with van der Waals surface area (Å²) in [5.74, 6) is 0.323. The lowest BCUT2D eigenvalue weighted by Gasteiger charge is -2.30. The lowest BCUT2D eigenvalue weighted by atomic mass is 9.84. The normalized spacial score (nSPS) is 13.8. The van der Waals surface area contributed by atoms with Gasteiger partial charge in [0.05, 0.1) is 12.5 Å². The minimum atomic E-state index is -0.112. The molecule has 3 heteroatoms. The molecule has 0 aromatic heterocycles. The van der Waals surface area contributed by atoms with Crippen LogP contribution in [0.3, 0.4) is 0 Å². The van der Waals surface area contributed by atoms with E-state index in [1.165, 1.54) is 0 Å². The van der Waals surface area contributed by atoms with Gasteiger partial charge in [0.1, 0.15) is 0 Å². The Hall–Kier alpha value is -1.35. The van der Waals surface area contributed by atoms with Crippen LogP contribution in [0, 0.1) is 5.92 Å². The molecule has 1 amide bonds. The van der Waals surface area contributed by atoms with Gasteiger partial charge in [0.25, 0.3) is 0 Å². The first-order valence-electron chi connectivity index (χ1n) is 7.60. The van der Waals surface area contributed by atoms with Gasteiger partial charge in [-0.2, -0.15) is 0 Å². The molecule has 1 N–H and O–H groups in total. The number of carbonyl (C=O) groups excluding carboxylic acids is 1. The quantitative estimate of drug-likeness (QED) is 0.793. The van der Waals surface area contributed by atoms with E-state index in [0.29, 0.717) is 19.0 Å². The molecular formula is C17H27NO2. The van der Waals surface area contributed by atoms with E-state index in [4.69, 9.17) is 5.11 Å². The first-order chi connectivity index (χ1) is 9.65. The van der Waals surface area contributed by atoms with Crippen LogP contribution in [0.25, 0.3) is 0 Å². The third kappa shape index (κ3) is 4.34. The van der Waals surface area contributed by atoms with E-state index >= 15 is 0 Å². The van der Waals surface area contributed by atoms with Crippen LogP contribution in [0.15, 0.2) is 30.3 Å². The summed E-state index contributed by atoms with van der Waals surface area (Å²) in [5, 5.41) is 9.17. The predicted octanol–water partition coefficient (Wildman–Crippen LogP) is 3.05. The smallest absolute Gasteiger partial charge is 0.230 e. The summed E-state index contributed by atoms with van der Waals surface area (Å²) in [6.07, 6.45) is 1.87. The lowest BCUT2D eigenvalue weighted by Crippen LogP contribution is -2.39. The highest BCUT2D eigenvalue weighted by Crippen LogP contribution is 2.29. The Morgan fingerprint density at radius 1 is 1.20 bits per heavy atom. The van der Waals surface area contributed by atoms with E-state index in [0.717, 1.165) is 18.4 Å². The molecular weight excluding hydrogens is 250 g/mol. The van der Waals surface area contributed by atoms with Crippen LogP contribution >= 0.6 is 0 Å². The Labute approximate surface area is 122 Å². The maximum absolute atomic E-state index is 12.8. The lowest BCUT2D eigenvalue weighted by molar-refractivity contribution is -0.134. The van der Waals surface area contributed by atoms with E-state index in [-0.39, 0.29) is 18.4 Å². The van der Waals surface area contributed by atoms with Crippen LogP contribution < -0.4 is 0 Å². The molecule has 0 aliphatic carbocycles. The molecule has 1 aromatic carbocycles. The fraction of sp³-hybridized carbons (Fsp3) is 0.588. The molecule has 1 aromatic rings. The second kappa shape index (κ2) is 8.75. The van der Waals surface area contributed by atoms with Crippen LogP contribution in [-0.4, -0.2) is 35.6 Å². The number of hydrogen-bond donors (Lipinski definition) is 1. The third-order valence-electron chi connectivity index (χ3n) is 3.81. The Kier molecular flexibility index (Phi) is 7.31. The summed E-state index contributed by atoms with van der Waals surface area (Å²) in [6, 6.07) is 9.98. The molecule has 0 aliphatic heterocycles. The fourth-order valence-corrected chi connectivity index (χ4v) is 2.53. The average molecular weight is 277 g/mol. The van der Waals surface area contributed by atoms with Crippen molar-refractivity contribution in [3.05, 3.63) is 35.9 Å². The Morgan fingerprint density at radius 3 is 2.35 bits per heavy atom. The van der Waals surface area contributed by atoms with Crippen molar-refractivity contribution < 1.29 is 9.90 Å². The summed E-state index contributed by atoms with van der Waals surface area (Å²) < 4.78 is 0. The number of benzene rings is 1. The summed E-state index contributed by atoms with van der Waals surface area (Å²) in [6.45, 7) is 7.44. The molecule has 2 atom stereocenters. The fourth-order valence-electron chi connectivity index (χ4n) is 2.53. The second-order valence-electron chi connectivity index (χ2n) is 5.32. The Bertz CT molecular complexity index is 385. The number of carbonyl (C=O) groups is 1. The van der Waals surface area contributed by atoms with Crippen molar-refractivity contribution in [3.63, 3.8) is 0 Å². The number of amides is 1. The van der Waals surface area contributed by atoms with Crippen molar-refractivity contribution in [2.24, 2.45) is 5.92 Å². The first kappa shape index (κ1) is 16.7. The van der Waals surface area contributed by atoms with Gasteiger partial charge >= 0.3 is 0 Å². The van der Waals surface area contributed by atoms with E-state index < -0.39 is 0 Å². The molecule has 2 unspecified atom stereocenters. The van der Waals surface area contributed by atoms with Crippen LogP contribution in [0.1, 0.15) is 45.1 Å². The highest BCUT2D eigenvalue weighted by molar-refractivity contribution is 5.84. The Morgan fingerprint density at radius 2 is 1.85 bits per heavy atom. The highest BCUT2D eigenvalue weighted by Gasteiger charge is 2.29. The Balaban J connectivity index is 3.00. The van der Waals surface area contributed by atoms with E-state index in [9.17, 15) is 4.79 Å². The van der Waals surface area contributed by atoms with Crippen molar-refractivity contribution in [3.8, 4) is 0 Å². The van der Waals surface area contributed by atoms with Crippen molar-refractivity contribution in [1.82, 2.24) is 4.90 Å². The van der Waals surface area contributed by atoms with E-state index in [2.05, 4.69) is 20.8 Å². The molecule has 0 saturated heterocycles. The molecule has 20 heavy (non-hydrogen) atoms. The molecule has 0 fully saturated rings. The van der Waals surface area contributed by atoms with Gasteiger partial charge in [-0.1, -0.05) is 57.5 Å². The molecule has 0 spiro atoms. The molecule has 112 valence electrons. The highest BCUT2D eigenvalue weighted by atomic mass is 16.3. The van der Waals surface area contributed by atoms with Crippen molar-refractivity contribution in [2.75, 3.05) is 19.7 Å². The SMILES string of the molecule is CCCN(CCO)C(=O)C(c1ccccc1)C(C)CC. The van der Waals surface area contributed by atoms with Gasteiger partial charge in [-0.3, -0.25) is 4.79 Å². The standard InChI is InChI=1S/C17H27NO2/c1-4-11-18(12-13-19)17(20)16(14(3)5-2)15-9-7-6-8-10-15/h6-10,14,16,19H,4-5,11-13H2,1-3H3. The first-order valence-corrected chi connectivity index (χ1v) is 7.60. The largest absolute Gasteiger partial charge is 0.395 e. The van der Waals surface area contributed by atoms with Crippen LogP contribution in [0.5, 0.6) is 0 Å². The van der Waals surface area contributed by atoms with Crippen LogP contribution in [0.2, 0.25) is 0 Å². The van der Waals surface area contributed by atoms with Gasteiger partial charge in [-0.25, -0.2) is 0 Å². The van der Waals surface area contributed by atoms with Gasteiger partial charge in [0, 0.05) is 13.1 Å². The monoisotopic (exact) mass is 277 g/mol. The number of hydrogen-bond acceptors (Lipinski definition) is 2. The van der Waals surface area contributed by atoms with Gasteiger partial charge in [-0.05, 0) is 17.9 Å². The van der Waals surface area contributed by atoms with Gasteiger partial charge in [-0.15, -0.1) is 0 Å². The molecule has 0 bridgehead atoms. The molecule has 3 nitrogen and oxygen atoms in total. The maximum Gasteiger partial charge on any atom is 0.230 e. The van der Waals surface area contributed by atoms with Gasteiger partial charge < -0.3 is 10.0 Å². The average Bonchev–Trinajstić information content (AvgIpc) is 2.48. The number of aliphatic hydroxyl groups is 1. The van der Waals surface area contributed by atoms with Crippen molar-refractivity contribution in [1.29, 1.82) is 0 Å². The number of aliphatic hydroxyl groups excluding tert-OH is 1. The van der Waals surface area contributed by atoms with Crippen molar-refractivity contribution >= 4 is 5.91 Å². The predicted molar refractivity (Wildman–Crippen MR) is 82.6 cm³/mol. The molecule has 0 radical (unpaired) electrons. The summed E-state index contributed by atoms with van der Waals surface area (Å²) in [5.41, 5.74) is 1.07. The van der Waals surface area contributed by atoms with Crippen molar-refractivity contribution in [2.45, 2.75) is 39.5 Å². The molecule has 1 rings (SSSR count). The zero-order valence-corrected chi connectivity index (χ0v) is 12.9. The zero-order chi connectivity index (χ0) is 15.0. The second-order valence-corrected chi connectivity index (χ2v) is 5.32. The maximum atomic E-state index is 12.8. The summed E-state index contributed by atoms with van der Waals surface area (Å²) >= 11 is 0.